The van der Waals surface area contributed by atoms with Crippen LogP contribution in [0.2, 0.25) is 0 Å². The number of rotatable bonds is 64. The molecule has 0 saturated heterocycles. The summed E-state index contributed by atoms with van der Waals surface area (Å²) in [5.74, 6) is 1.54. The zero-order valence-corrected chi connectivity index (χ0v) is 72.4. The summed E-state index contributed by atoms with van der Waals surface area (Å²) >= 11 is 2.50. The Morgan fingerprint density at radius 1 is 0.320 bits per heavy atom. The van der Waals surface area contributed by atoms with Gasteiger partial charge in [-0.3, -0.25) is 0 Å². The van der Waals surface area contributed by atoms with Gasteiger partial charge >= 0.3 is 441 Å². The number of hydrogen-bond donors (Lipinski definition) is 0. The van der Waals surface area contributed by atoms with E-state index in [2.05, 4.69) is 113 Å². The first-order chi connectivity index (χ1) is 49.1. The van der Waals surface area contributed by atoms with Crippen LogP contribution in [0.25, 0.3) is 47.5 Å². The average Bonchev–Trinajstić information content (AvgIpc) is 1.10. The molecule has 6 heterocycles. The van der Waals surface area contributed by atoms with E-state index in [1.165, 1.54) is 367 Å². The summed E-state index contributed by atoms with van der Waals surface area (Å²) in [5, 5.41) is 0. The van der Waals surface area contributed by atoms with E-state index in [0.717, 1.165) is 66.1 Å². The van der Waals surface area contributed by atoms with Gasteiger partial charge in [0.05, 0.1) is 0 Å². The Morgan fingerprint density at radius 3 is 0.980 bits per heavy atom. The third-order valence-corrected chi connectivity index (χ3v) is 31.5. The van der Waals surface area contributed by atoms with Gasteiger partial charge in [0.2, 0.25) is 0 Å². The third kappa shape index (κ3) is 33.1. The number of nitrogens with zero attached hydrogens (tertiary/aromatic N) is 2. The predicted octanol–water partition coefficient (Wildman–Crippen LogP) is 30.2. The van der Waals surface area contributed by atoms with Crippen molar-refractivity contribution in [2.45, 2.75) is 428 Å². The summed E-state index contributed by atoms with van der Waals surface area (Å²) < 4.78 is 9.80. The van der Waals surface area contributed by atoms with Crippen LogP contribution in [0.5, 0.6) is 0 Å². The molecule has 0 bridgehead atoms. The van der Waals surface area contributed by atoms with E-state index in [9.17, 15) is 0 Å². The molecule has 0 spiro atoms. The van der Waals surface area contributed by atoms with E-state index < -0.39 is 40.9 Å². The average molecular weight is 1640 g/mol. The molecule has 4 nitrogen and oxygen atoms in total. The summed E-state index contributed by atoms with van der Waals surface area (Å²) in [7, 11) is 0. The Hall–Kier alpha value is -1.90. The van der Waals surface area contributed by atoms with Gasteiger partial charge < -0.3 is 0 Å². The van der Waals surface area contributed by atoms with Gasteiger partial charge in [-0.2, -0.15) is 0 Å². The first-order valence-electron chi connectivity index (χ1n) is 43.3. The Balaban J connectivity index is 1.32. The quantitative estimate of drug-likeness (QED) is 0.0282. The zero-order valence-electron chi connectivity index (χ0n) is 66.1. The topological polar surface area (TPSA) is 44.0 Å². The maximum atomic E-state index is 16.0. The maximum absolute atomic E-state index is 16.0. The van der Waals surface area contributed by atoms with Crippen LogP contribution in [0, 0.1) is 25.7 Å². The molecule has 6 aromatic heterocycles. The minimum Gasteiger partial charge on any atom is -0.0654 e. The fourth-order valence-corrected chi connectivity index (χ4v) is 24.3. The molecule has 8 heteroatoms. The third-order valence-electron chi connectivity index (χ3n) is 22.4. The monoisotopic (exact) mass is 1640 g/mol. The van der Waals surface area contributed by atoms with Crippen molar-refractivity contribution < 1.29 is 0 Å². The second-order valence-electron chi connectivity index (χ2n) is 31.4. The fourth-order valence-electron chi connectivity index (χ4n) is 16.1. The molecule has 0 aromatic carbocycles. The van der Waals surface area contributed by atoms with Gasteiger partial charge in [-0.15, -0.1) is 0 Å². The van der Waals surface area contributed by atoms with E-state index in [1.54, 1.807) is 5.56 Å². The van der Waals surface area contributed by atoms with E-state index in [4.69, 9.17) is 0 Å². The molecular formula is C92H150N2O2S2Te2. The summed E-state index contributed by atoms with van der Waals surface area (Å²) in [6, 6.07) is 18.8. The van der Waals surface area contributed by atoms with Crippen LogP contribution in [0.4, 0.5) is 0 Å². The predicted molar refractivity (Wildman–Crippen MR) is 451 cm³/mol. The van der Waals surface area contributed by atoms with Crippen molar-refractivity contribution in [3.05, 3.63) is 88.8 Å². The number of hydrogen-bond acceptors (Lipinski definition) is 4. The summed E-state index contributed by atoms with van der Waals surface area (Å²) in [6.07, 6.45) is 74.8. The number of aryl methyl sites for hydroxylation is 6. The molecule has 0 N–H and O–H groups in total. The summed E-state index contributed by atoms with van der Waals surface area (Å²) in [5.41, 5.74) is 7.15. The molecule has 0 amide bonds. The fraction of sp³-hybridized carbons (Fsp3) is 0.739. The number of pyridine rings is 2. The molecule has 6 aromatic rings. The van der Waals surface area contributed by atoms with Crippen molar-refractivity contribution in [1.29, 1.82) is 0 Å². The van der Waals surface area contributed by atoms with Crippen LogP contribution in [0.1, 0.15) is 408 Å². The Labute approximate surface area is 643 Å². The zero-order chi connectivity index (χ0) is 71.0. The minimum atomic E-state index is -0.909. The molecular weight excluding hydrogens is 1480 g/mol. The molecule has 2 atom stereocenters. The van der Waals surface area contributed by atoms with Gasteiger partial charge in [0, 0.05) is 0 Å². The standard InChI is InChI=1S/C92H150N2O2S2Te2/c1-9-15-21-27-31-35-37-41-45-49-59-77(57-47-43-39-33-29-23-17-11-3)61-53-55-69-93-84-74-82(87-67-68-88(100-87)85-72-80(64-52-26-20-14-6)90(98-85)89-79(71-75(7)97-89)63-51-25-19-13-5)92(96)94(83(84)73-81(91(93)95)86-66-65-76(8)99-86)70-56-54-62-78(58-48-44-40-34-30-24-18-12-4)60-50-46-42-38-36-32-28-22-16-10-2/h65-68,71-74,77-78H,9-64,69-70H2,1-8H3. The normalized spacial score (nSPS) is 12.5. The van der Waals surface area contributed by atoms with Crippen molar-refractivity contribution >= 4 is 74.6 Å². The van der Waals surface area contributed by atoms with E-state index in [1.807, 2.05) is 22.7 Å². The van der Waals surface area contributed by atoms with Gasteiger partial charge in [-0.05, 0) is 0 Å². The Morgan fingerprint density at radius 2 is 0.620 bits per heavy atom. The molecule has 564 valence electrons. The molecule has 100 heavy (non-hydrogen) atoms. The Kier molecular flexibility index (Phi) is 47.5. The van der Waals surface area contributed by atoms with Gasteiger partial charge in [0.25, 0.3) is 0 Å². The van der Waals surface area contributed by atoms with Gasteiger partial charge in [-0.1, -0.05) is 207 Å². The molecule has 0 aliphatic rings. The molecule has 0 fully saturated rings. The van der Waals surface area contributed by atoms with Crippen LogP contribution < -0.4 is 11.1 Å². The van der Waals surface area contributed by atoms with Crippen LogP contribution in [-0.4, -0.2) is 50.0 Å². The van der Waals surface area contributed by atoms with Gasteiger partial charge in [0.1, 0.15) is 0 Å². The summed E-state index contributed by atoms with van der Waals surface area (Å²) in [6.45, 7) is 19.9. The molecule has 6 rings (SSSR count). The van der Waals surface area contributed by atoms with Gasteiger partial charge in [-0.25, -0.2) is 0 Å². The minimum absolute atomic E-state index is 0.168. The van der Waals surface area contributed by atoms with Crippen LogP contribution in [0.15, 0.2) is 58.1 Å². The molecule has 0 saturated carbocycles. The van der Waals surface area contributed by atoms with Crippen molar-refractivity contribution in [2.24, 2.45) is 11.8 Å². The van der Waals surface area contributed by atoms with Crippen LogP contribution in [0.3, 0.4) is 0 Å². The SMILES string of the molecule is CCCCCCCCCCCCC(CCCCCCCCCC)CCCCn1c(=O)c(-c2ccc(C)[te]2)cc2c1cc(-c1ccc(-c3cc(CCCCCC)c(-c4sc(C)cc4CCCCCC)s3)[te]1)c(=O)n2CCCCC(CCCCCCCCCC)CCCCCCCCCCCC. The van der Waals surface area contributed by atoms with Crippen LogP contribution in [-0.2, 0) is 25.9 Å². The van der Waals surface area contributed by atoms with Gasteiger partial charge in [0.15, 0.2) is 0 Å². The molecule has 2 unspecified atom stereocenters. The van der Waals surface area contributed by atoms with Crippen molar-refractivity contribution in [3.8, 4) is 36.5 Å². The first kappa shape index (κ1) is 87.0. The molecule has 0 radical (unpaired) electrons. The number of unbranched alkanes of at least 4 members (excludes halogenated alkanes) is 40. The van der Waals surface area contributed by atoms with E-state index in [-0.39, 0.29) is 11.1 Å². The molecule has 0 aliphatic heterocycles. The molecule has 0 aliphatic carbocycles. The first-order valence-corrected chi connectivity index (χ1v) is 49.6. The summed E-state index contributed by atoms with van der Waals surface area (Å²) in [4.78, 5) is 37.4. The van der Waals surface area contributed by atoms with Crippen molar-refractivity contribution in [2.75, 3.05) is 0 Å². The Bertz CT molecular complexity index is 3150. The van der Waals surface area contributed by atoms with Crippen molar-refractivity contribution in [1.82, 2.24) is 9.13 Å². The number of thiophene rings is 2. The van der Waals surface area contributed by atoms with Crippen molar-refractivity contribution in [3.63, 3.8) is 0 Å². The number of aromatic nitrogens is 2. The number of fused-ring (bicyclic) bond motifs is 1. The smallest absolute Gasteiger partial charge is 0.0654 e. The van der Waals surface area contributed by atoms with E-state index >= 15 is 9.59 Å². The second kappa shape index (κ2) is 54.6. The van der Waals surface area contributed by atoms with Crippen LogP contribution >= 0.6 is 22.7 Å². The van der Waals surface area contributed by atoms with E-state index in [0.29, 0.717) is 13.1 Å². The second-order valence-corrected chi connectivity index (χ2v) is 40.4.